The Balaban J connectivity index is 1.56. The van der Waals surface area contributed by atoms with Crippen LogP contribution < -0.4 is 0 Å². The Hall–Kier alpha value is -2.68. The summed E-state index contributed by atoms with van der Waals surface area (Å²) >= 11 is 7.89. The highest BCUT2D eigenvalue weighted by atomic mass is 35.5. The number of rotatable bonds is 7. The van der Waals surface area contributed by atoms with Gasteiger partial charge in [-0.05, 0) is 38.0 Å². The Morgan fingerprint density at radius 1 is 1.19 bits per heavy atom. The minimum absolute atomic E-state index is 0.0234. The first-order valence-electron chi connectivity index (χ1n) is 9.72. The van der Waals surface area contributed by atoms with Crippen LogP contribution in [-0.2, 0) is 22.4 Å². The number of ether oxygens (including phenoxy) is 1. The Bertz CT molecular complexity index is 1270. The summed E-state index contributed by atoms with van der Waals surface area (Å²) in [5.74, 6) is 1.06. The minimum atomic E-state index is -0.200. The molecule has 1 atom stereocenters. The maximum Gasteiger partial charge on any atom is 0.246 e. The van der Waals surface area contributed by atoms with E-state index in [4.69, 9.17) is 20.8 Å². The average molecular weight is 457 g/mol. The molecule has 0 amide bonds. The third-order valence-electron chi connectivity index (χ3n) is 4.93. The van der Waals surface area contributed by atoms with Crippen molar-refractivity contribution in [2.75, 3.05) is 7.11 Å². The molecule has 1 unspecified atom stereocenters. The summed E-state index contributed by atoms with van der Waals surface area (Å²) in [6, 6.07) is 1.73. The fourth-order valence-electron chi connectivity index (χ4n) is 3.45. The van der Waals surface area contributed by atoms with Gasteiger partial charge in [-0.1, -0.05) is 22.9 Å². The van der Waals surface area contributed by atoms with Crippen LogP contribution in [0.2, 0.25) is 5.02 Å². The highest BCUT2D eigenvalue weighted by molar-refractivity contribution is 7.18. The van der Waals surface area contributed by atoms with Gasteiger partial charge >= 0.3 is 0 Å². The van der Waals surface area contributed by atoms with Crippen molar-refractivity contribution < 1.29 is 13.9 Å². The van der Waals surface area contributed by atoms with E-state index < -0.39 is 0 Å². The molecule has 0 saturated heterocycles. The van der Waals surface area contributed by atoms with Crippen LogP contribution >= 0.6 is 22.9 Å². The van der Waals surface area contributed by atoms with E-state index in [0.717, 1.165) is 32.0 Å². The van der Waals surface area contributed by atoms with Gasteiger partial charge in [-0.15, -0.1) is 0 Å². The zero-order valence-corrected chi connectivity index (χ0v) is 19.2. The predicted molar refractivity (Wildman–Crippen MR) is 119 cm³/mol. The summed E-state index contributed by atoms with van der Waals surface area (Å²) in [6.07, 6.45) is 5.21. The summed E-state index contributed by atoms with van der Waals surface area (Å²) < 4.78 is 11.0. The number of ketones is 1. The van der Waals surface area contributed by atoms with Crippen molar-refractivity contribution in [3.8, 4) is 11.6 Å². The van der Waals surface area contributed by atoms with E-state index >= 15 is 0 Å². The summed E-state index contributed by atoms with van der Waals surface area (Å²) in [6.45, 7) is 5.69. The molecule has 0 fully saturated rings. The molecular weight excluding hydrogens is 436 g/mol. The summed E-state index contributed by atoms with van der Waals surface area (Å²) in [5, 5.41) is 1.32. The number of aryl methyl sites for hydroxylation is 2. The van der Waals surface area contributed by atoms with E-state index in [9.17, 15) is 4.79 Å². The number of pyridine rings is 2. The standard InChI is InChI=1S/C22H21ClN4O3S/c1-11-8-25-21(30-11)19-17(23)6-14(9-24-19)5-16(28)7-15-10-26-22-20(27-13(3)31-22)18(15)12(2)29-4/h6,8-10,12H,5,7H2,1-4H3. The molecule has 0 aliphatic carbocycles. The molecule has 160 valence electrons. The maximum absolute atomic E-state index is 12.9. The lowest BCUT2D eigenvalue weighted by molar-refractivity contribution is -0.117. The second kappa shape index (κ2) is 8.82. The fourth-order valence-corrected chi connectivity index (χ4v) is 4.49. The van der Waals surface area contributed by atoms with E-state index in [1.165, 1.54) is 11.3 Å². The first-order valence-corrected chi connectivity index (χ1v) is 10.9. The quantitative estimate of drug-likeness (QED) is 0.383. The minimum Gasteiger partial charge on any atom is -0.440 e. The third kappa shape index (κ3) is 4.51. The summed E-state index contributed by atoms with van der Waals surface area (Å²) in [7, 11) is 1.65. The van der Waals surface area contributed by atoms with Crippen LogP contribution in [0.4, 0.5) is 0 Å². The number of aromatic nitrogens is 4. The number of fused-ring (bicyclic) bond motifs is 1. The number of halogens is 1. The fraction of sp³-hybridized carbons (Fsp3) is 0.318. The number of thiazole rings is 1. The Labute approximate surface area is 188 Å². The molecule has 4 rings (SSSR count). The molecule has 9 heteroatoms. The number of nitrogens with zero attached hydrogens (tertiary/aromatic N) is 4. The molecule has 4 heterocycles. The van der Waals surface area contributed by atoms with Crippen molar-refractivity contribution >= 4 is 39.1 Å². The summed E-state index contributed by atoms with van der Waals surface area (Å²) in [4.78, 5) is 31.3. The lowest BCUT2D eigenvalue weighted by Crippen LogP contribution is -2.11. The molecule has 0 aliphatic heterocycles. The molecule has 0 radical (unpaired) electrons. The molecule has 4 aromatic heterocycles. The topological polar surface area (TPSA) is 91.0 Å². The molecule has 0 N–H and O–H groups in total. The lowest BCUT2D eigenvalue weighted by Gasteiger charge is -2.15. The van der Waals surface area contributed by atoms with Gasteiger partial charge in [0.2, 0.25) is 5.89 Å². The number of methoxy groups -OCH3 is 1. The zero-order chi connectivity index (χ0) is 22.1. The van der Waals surface area contributed by atoms with Gasteiger partial charge in [-0.2, -0.15) is 0 Å². The number of oxazole rings is 1. The number of carbonyl (C=O) groups excluding carboxylic acids is 1. The van der Waals surface area contributed by atoms with E-state index in [1.54, 1.807) is 38.7 Å². The largest absolute Gasteiger partial charge is 0.440 e. The average Bonchev–Trinajstić information content (AvgIpc) is 3.32. The molecule has 0 saturated carbocycles. The van der Waals surface area contributed by atoms with E-state index in [-0.39, 0.29) is 24.7 Å². The van der Waals surface area contributed by atoms with Crippen molar-refractivity contribution in [3.63, 3.8) is 0 Å². The van der Waals surface area contributed by atoms with Gasteiger partial charge in [-0.25, -0.2) is 19.9 Å². The van der Waals surface area contributed by atoms with E-state index in [1.807, 2.05) is 13.8 Å². The number of hydrogen-bond donors (Lipinski definition) is 0. The van der Waals surface area contributed by atoms with Crippen LogP contribution in [0.5, 0.6) is 0 Å². The van der Waals surface area contributed by atoms with Gasteiger partial charge in [0.1, 0.15) is 27.6 Å². The molecule has 4 aromatic rings. The molecule has 7 nitrogen and oxygen atoms in total. The highest BCUT2D eigenvalue weighted by Crippen LogP contribution is 2.31. The SMILES string of the molecule is COC(C)c1c(CC(=O)Cc2cnc(-c3ncc(C)o3)c(Cl)c2)cnc2sc(C)nc12. The van der Waals surface area contributed by atoms with Crippen LogP contribution in [0.3, 0.4) is 0 Å². The lowest BCUT2D eigenvalue weighted by atomic mass is 9.98. The summed E-state index contributed by atoms with van der Waals surface area (Å²) in [5.41, 5.74) is 3.72. The van der Waals surface area contributed by atoms with Gasteiger partial charge in [0, 0.05) is 37.9 Å². The second-order valence-corrected chi connectivity index (χ2v) is 8.89. The van der Waals surface area contributed by atoms with Gasteiger partial charge < -0.3 is 9.15 Å². The van der Waals surface area contributed by atoms with E-state index in [0.29, 0.717) is 22.4 Å². The van der Waals surface area contributed by atoms with Crippen LogP contribution in [0.15, 0.2) is 29.1 Å². The van der Waals surface area contributed by atoms with Gasteiger partial charge in [0.25, 0.3) is 0 Å². The monoisotopic (exact) mass is 456 g/mol. The second-order valence-electron chi connectivity index (χ2n) is 7.30. The van der Waals surface area contributed by atoms with Crippen molar-refractivity contribution in [2.45, 2.75) is 39.7 Å². The Morgan fingerprint density at radius 2 is 2.00 bits per heavy atom. The Kier molecular flexibility index (Phi) is 6.13. The van der Waals surface area contributed by atoms with Crippen molar-refractivity contribution in [1.82, 2.24) is 19.9 Å². The van der Waals surface area contributed by atoms with Crippen molar-refractivity contribution in [2.24, 2.45) is 0 Å². The van der Waals surface area contributed by atoms with Gasteiger partial charge in [0.05, 0.1) is 22.3 Å². The molecule has 0 aliphatic rings. The molecule has 0 spiro atoms. The maximum atomic E-state index is 12.9. The zero-order valence-electron chi connectivity index (χ0n) is 17.6. The van der Waals surface area contributed by atoms with Gasteiger partial charge in [0.15, 0.2) is 0 Å². The van der Waals surface area contributed by atoms with E-state index in [2.05, 4.69) is 19.9 Å². The Morgan fingerprint density at radius 3 is 2.68 bits per heavy atom. The van der Waals surface area contributed by atoms with Crippen LogP contribution in [0.1, 0.15) is 40.5 Å². The number of hydrogen-bond acceptors (Lipinski definition) is 8. The molecule has 0 aromatic carbocycles. The first kappa shape index (κ1) is 21.5. The van der Waals surface area contributed by atoms with Gasteiger partial charge in [-0.3, -0.25) is 4.79 Å². The van der Waals surface area contributed by atoms with Crippen LogP contribution in [0, 0.1) is 13.8 Å². The normalized spacial score (nSPS) is 12.4. The smallest absolute Gasteiger partial charge is 0.246 e. The molecule has 31 heavy (non-hydrogen) atoms. The molecule has 0 bridgehead atoms. The van der Waals surface area contributed by atoms with Crippen molar-refractivity contribution in [1.29, 1.82) is 0 Å². The molecular formula is C22H21ClN4O3S. The number of carbonyl (C=O) groups is 1. The van der Waals surface area contributed by atoms with Crippen LogP contribution in [0.25, 0.3) is 21.9 Å². The predicted octanol–water partition coefficient (Wildman–Crippen LogP) is 5.07. The third-order valence-corrected chi connectivity index (χ3v) is 6.09. The highest BCUT2D eigenvalue weighted by Gasteiger charge is 2.20. The number of Topliss-reactive ketones (excluding diaryl/α,β-unsaturated/α-hetero) is 1. The first-order chi connectivity index (χ1) is 14.9. The van der Waals surface area contributed by atoms with Crippen LogP contribution in [-0.4, -0.2) is 32.8 Å². The van der Waals surface area contributed by atoms with Crippen molar-refractivity contribution in [3.05, 3.63) is 57.1 Å².